The van der Waals surface area contributed by atoms with Gasteiger partial charge in [0.1, 0.15) is 4.88 Å². The molecule has 6 heteroatoms. The first kappa shape index (κ1) is 12.2. The van der Waals surface area contributed by atoms with Gasteiger partial charge >= 0.3 is 5.97 Å². The Morgan fingerprint density at radius 3 is 2.71 bits per heavy atom. The number of aromatic carboxylic acids is 1. The van der Waals surface area contributed by atoms with Crippen LogP contribution in [0.5, 0.6) is 0 Å². The second-order valence-electron chi connectivity index (χ2n) is 3.52. The summed E-state index contributed by atoms with van der Waals surface area (Å²) in [5.41, 5.74) is 0. The van der Waals surface area contributed by atoms with Crippen molar-refractivity contribution >= 4 is 28.6 Å². The van der Waals surface area contributed by atoms with E-state index < -0.39 is 5.97 Å². The Balaban J connectivity index is 1.83. The van der Waals surface area contributed by atoms with Crippen molar-refractivity contribution in [2.75, 3.05) is 0 Å². The second-order valence-corrected chi connectivity index (χ2v) is 6.01. The van der Waals surface area contributed by atoms with Crippen molar-refractivity contribution in [2.24, 2.45) is 0 Å². The van der Waals surface area contributed by atoms with E-state index in [4.69, 9.17) is 5.11 Å². The first-order chi connectivity index (χ1) is 8.15. The first-order valence-corrected chi connectivity index (χ1v) is 6.72. The summed E-state index contributed by atoms with van der Waals surface area (Å²) in [7, 11) is 0. The summed E-state index contributed by atoms with van der Waals surface area (Å²) in [6.07, 6.45) is 1.87. The molecule has 90 valence electrons. The van der Waals surface area contributed by atoms with Crippen LogP contribution in [0.2, 0.25) is 0 Å². The molecule has 2 N–H and O–H groups in total. The minimum atomic E-state index is -0.862. The fourth-order valence-corrected chi connectivity index (χ4v) is 2.96. The van der Waals surface area contributed by atoms with Gasteiger partial charge in [0.15, 0.2) is 0 Å². The molecule has 17 heavy (non-hydrogen) atoms. The molecule has 2 aromatic rings. The van der Waals surface area contributed by atoms with E-state index in [0.29, 0.717) is 11.4 Å². The Morgan fingerprint density at radius 1 is 1.35 bits per heavy atom. The normalized spacial score (nSPS) is 10.6. The lowest BCUT2D eigenvalue weighted by atomic mass is 10.4. The number of hydrogen-bond acceptors (Lipinski definition) is 5. The lowest BCUT2D eigenvalue weighted by molar-refractivity contribution is 0.0702. The van der Waals surface area contributed by atoms with Gasteiger partial charge in [-0.15, -0.1) is 22.7 Å². The Kier molecular flexibility index (Phi) is 3.88. The molecule has 0 atom stereocenters. The average molecular weight is 268 g/mol. The molecule has 0 bridgehead atoms. The summed E-state index contributed by atoms with van der Waals surface area (Å²) in [4.78, 5) is 17.5. The maximum atomic E-state index is 10.7. The van der Waals surface area contributed by atoms with Crippen molar-refractivity contribution in [2.45, 2.75) is 20.0 Å². The Morgan fingerprint density at radius 2 is 2.12 bits per heavy atom. The fraction of sp³-hybridized carbons (Fsp3) is 0.273. The smallest absolute Gasteiger partial charge is 0.345 e. The van der Waals surface area contributed by atoms with Crippen LogP contribution in [0, 0.1) is 6.92 Å². The molecule has 0 fully saturated rings. The predicted molar refractivity (Wildman–Crippen MR) is 68.7 cm³/mol. The van der Waals surface area contributed by atoms with Crippen LogP contribution >= 0.6 is 22.7 Å². The summed E-state index contributed by atoms with van der Waals surface area (Å²) in [5, 5.41) is 13.1. The van der Waals surface area contributed by atoms with Crippen LogP contribution in [0.1, 0.15) is 24.4 Å². The minimum absolute atomic E-state index is 0.385. The van der Waals surface area contributed by atoms with Crippen molar-refractivity contribution in [1.29, 1.82) is 0 Å². The summed E-state index contributed by atoms with van der Waals surface area (Å²) < 4.78 is 0. The number of carboxylic acids is 1. The van der Waals surface area contributed by atoms with Crippen LogP contribution in [0.3, 0.4) is 0 Å². The molecule has 0 radical (unpaired) electrons. The van der Waals surface area contributed by atoms with E-state index in [1.807, 2.05) is 19.2 Å². The minimum Gasteiger partial charge on any atom is -0.477 e. The van der Waals surface area contributed by atoms with Crippen molar-refractivity contribution < 1.29 is 9.90 Å². The van der Waals surface area contributed by atoms with E-state index >= 15 is 0 Å². The van der Waals surface area contributed by atoms with Gasteiger partial charge in [0, 0.05) is 29.0 Å². The third-order valence-electron chi connectivity index (χ3n) is 2.14. The third kappa shape index (κ3) is 3.36. The van der Waals surface area contributed by atoms with Crippen LogP contribution in [-0.2, 0) is 13.1 Å². The highest BCUT2D eigenvalue weighted by molar-refractivity contribution is 7.13. The number of rotatable bonds is 5. The second kappa shape index (κ2) is 5.39. The van der Waals surface area contributed by atoms with Crippen LogP contribution in [0.25, 0.3) is 0 Å². The molecule has 0 amide bonds. The third-order valence-corrected chi connectivity index (χ3v) is 4.13. The number of carboxylic acid groups (broad SMARTS) is 1. The van der Waals surface area contributed by atoms with Gasteiger partial charge in [-0.1, -0.05) is 0 Å². The van der Waals surface area contributed by atoms with Gasteiger partial charge in [0.05, 0.1) is 5.01 Å². The lowest BCUT2D eigenvalue weighted by Crippen LogP contribution is -2.10. The summed E-state index contributed by atoms with van der Waals surface area (Å²) in [5.74, 6) is -0.862. The molecule has 4 nitrogen and oxygen atoms in total. The summed E-state index contributed by atoms with van der Waals surface area (Å²) >= 11 is 2.98. The largest absolute Gasteiger partial charge is 0.477 e. The van der Waals surface area contributed by atoms with Crippen molar-refractivity contribution in [3.05, 3.63) is 38.0 Å². The van der Waals surface area contributed by atoms with Crippen molar-refractivity contribution in [1.82, 2.24) is 10.3 Å². The molecule has 0 aliphatic heterocycles. The number of thiazole rings is 1. The van der Waals surface area contributed by atoms with E-state index in [9.17, 15) is 4.79 Å². The number of nitrogens with zero attached hydrogens (tertiary/aromatic N) is 1. The van der Waals surface area contributed by atoms with Crippen molar-refractivity contribution in [3.63, 3.8) is 0 Å². The zero-order valence-electron chi connectivity index (χ0n) is 9.27. The molecule has 0 spiro atoms. The number of aromatic nitrogens is 1. The van der Waals surface area contributed by atoms with Gasteiger partial charge in [0.25, 0.3) is 0 Å². The van der Waals surface area contributed by atoms with Crippen LogP contribution < -0.4 is 5.32 Å². The SMILES string of the molecule is Cc1ncc(CNCc2ccc(C(=O)O)s2)s1. The maximum Gasteiger partial charge on any atom is 0.345 e. The molecule has 2 heterocycles. The lowest BCUT2D eigenvalue weighted by Gasteiger charge is -1.99. The zero-order valence-corrected chi connectivity index (χ0v) is 10.9. The molecule has 2 aromatic heterocycles. The number of aryl methyl sites for hydroxylation is 1. The highest BCUT2D eigenvalue weighted by atomic mass is 32.1. The standard InChI is InChI=1S/C11H12N2O2S2/c1-7-13-6-9(16-7)5-12-4-8-2-3-10(17-8)11(14)15/h2-3,6,12H,4-5H2,1H3,(H,14,15). The molecule has 2 rings (SSSR count). The van der Waals surface area contributed by atoms with Gasteiger partial charge in [-0.25, -0.2) is 9.78 Å². The number of carbonyl (C=O) groups is 1. The van der Waals surface area contributed by atoms with Crippen LogP contribution in [-0.4, -0.2) is 16.1 Å². The maximum absolute atomic E-state index is 10.7. The number of hydrogen-bond donors (Lipinski definition) is 2. The van der Waals surface area contributed by atoms with E-state index in [-0.39, 0.29) is 0 Å². The number of thiophene rings is 1. The van der Waals surface area contributed by atoms with Crippen LogP contribution in [0.4, 0.5) is 0 Å². The molecule has 0 saturated heterocycles. The molecule has 0 aliphatic carbocycles. The monoisotopic (exact) mass is 268 g/mol. The summed E-state index contributed by atoms with van der Waals surface area (Å²) in [6.45, 7) is 3.44. The van der Waals surface area contributed by atoms with Crippen molar-refractivity contribution in [3.8, 4) is 0 Å². The predicted octanol–water partition coefficient (Wildman–Crippen LogP) is 2.50. The first-order valence-electron chi connectivity index (χ1n) is 5.09. The summed E-state index contributed by atoms with van der Waals surface area (Å²) in [6, 6.07) is 3.49. The Bertz CT molecular complexity index is 519. The Hall–Kier alpha value is -1.24. The highest BCUT2D eigenvalue weighted by Crippen LogP contribution is 2.16. The number of nitrogens with one attached hydrogen (secondary N) is 1. The van der Waals surface area contributed by atoms with Gasteiger partial charge in [-0.05, 0) is 19.1 Å². The molecule has 0 aromatic carbocycles. The van der Waals surface area contributed by atoms with Gasteiger partial charge < -0.3 is 10.4 Å². The topological polar surface area (TPSA) is 62.2 Å². The van der Waals surface area contributed by atoms with E-state index in [0.717, 1.165) is 16.4 Å². The quantitative estimate of drug-likeness (QED) is 0.874. The molecule has 0 aliphatic rings. The van der Waals surface area contributed by atoms with E-state index in [1.165, 1.54) is 16.2 Å². The van der Waals surface area contributed by atoms with E-state index in [1.54, 1.807) is 17.4 Å². The molecular formula is C11H12N2O2S2. The van der Waals surface area contributed by atoms with Gasteiger partial charge in [0.2, 0.25) is 0 Å². The molecule has 0 unspecified atom stereocenters. The van der Waals surface area contributed by atoms with Gasteiger partial charge in [-0.2, -0.15) is 0 Å². The highest BCUT2D eigenvalue weighted by Gasteiger charge is 2.06. The van der Waals surface area contributed by atoms with Crippen LogP contribution in [0.15, 0.2) is 18.3 Å². The Labute approximate surface area is 107 Å². The zero-order chi connectivity index (χ0) is 12.3. The average Bonchev–Trinajstić information content (AvgIpc) is 2.88. The van der Waals surface area contributed by atoms with E-state index in [2.05, 4.69) is 10.3 Å². The fourth-order valence-electron chi connectivity index (χ4n) is 1.38. The van der Waals surface area contributed by atoms with Gasteiger partial charge in [-0.3, -0.25) is 0 Å². The molecular weight excluding hydrogens is 256 g/mol. The molecule has 0 saturated carbocycles.